The van der Waals surface area contributed by atoms with E-state index in [-0.39, 0.29) is 16.8 Å². The third kappa shape index (κ3) is 2.15. The molecule has 0 spiro atoms. The summed E-state index contributed by atoms with van der Waals surface area (Å²) in [6, 6.07) is 4.80. The maximum Gasteiger partial charge on any atom is 0.407 e. The number of hydrogen-bond donors (Lipinski definition) is 2. The summed E-state index contributed by atoms with van der Waals surface area (Å²) in [6.07, 6.45) is 0.280. The number of halogens is 1. The lowest BCUT2D eigenvalue weighted by Crippen LogP contribution is -2.35. The number of aromatic hydroxyl groups is 1. The van der Waals surface area contributed by atoms with Crippen LogP contribution in [0.4, 0.5) is 4.79 Å². The largest absolute Gasteiger partial charge is 0.506 e. The van der Waals surface area contributed by atoms with Gasteiger partial charge in [-0.15, -0.1) is 0 Å². The lowest BCUT2D eigenvalue weighted by atomic mass is 10.0. The van der Waals surface area contributed by atoms with Crippen molar-refractivity contribution >= 4 is 17.7 Å². The maximum atomic E-state index is 11.0. The van der Waals surface area contributed by atoms with Gasteiger partial charge in [0, 0.05) is 6.42 Å². The summed E-state index contributed by atoms with van der Waals surface area (Å²) < 4.78 is 4.75. The number of ether oxygens (including phenoxy) is 1. The van der Waals surface area contributed by atoms with Gasteiger partial charge in [0.05, 0.1) is 17.7 Å². The molecule has 1 saturated heterocycles. The molecule has 15 heavy (non-hydrogen) atoms. The summed E-state index contributed by atoms with van der Waals surface area (Å²) in [5.41, 5.74) is 0.870. The second-order valence-corrected chi connectivity index (χ2v) is 3.74. The highest BCUT2D eigenvalue weighted by Crippen LogP contribution is 2.28. The Morgan fingerprint density at radius 2 is 2.33 bits per heavy atom. The van der Waals surface area contributed by atoms with E-state index in [1.807, 2.05) is 0 Å². The Morgan fingerprint density at radius 3 is 3.00 bits per heavy atom. The van der Waals surface area contributed by atoms with Crippen LogP contribution in [0.3, 0.4) is 0 Å². The molecule has 2 rings (SSSR count). The minimum atomic E-state index is -0.421. The molecule has 2 N–H and O–H groups in total. The van der Waals surface area contributed by atoms with Crippen LogP contribution >= 0.6 is 11.6 Å². The summed E-state index contributed by atoms with van der Waals surface area (Å²) in [4.78, 5) is 11.0. The number of carbonyl (C=O) groups is 1. The molecule has 1 aromatic rings. The minimum absolute atomic E-state index is 0.0406. The first-order chi connectivity index (χ1) is 7.16. The van der Waals surface area contributed by atoms with Gasteiger partial charge in [-0.25, -0.2) is 4.79 Å². The van der Waals surface area contributed by atoms with Crippen LogP contribution in [-0.4, -0.2) is 17.8 Å². The highest BCUT2D eigenvalue weighted by Gasteiger charge is 2.21. The lowest BCUT2D eigenvalue weighted by molar-refractivity contribution is 0.115. The molecule has 0 radical (unpaired) electrons. The van der Waals surface area contributed by atoms with Gasteiger partial charge in [-0.1, -0.05) is 17.7 Å². The topological polar surface area (TPSA) is 58.6 Å². The number of nitrogens with one attached hydrogen (secondary N) is 1. The van der Waals surface area contributed by atoms with E-state index in [1.165, 1.54) is 6.07 Å². The number of carbonyl (C=O) groups excluding carboxylic acids is 1. The van der Waals surface area contributed by atoms with E-state index >= 15 is 0 Å². The molecular formula is C10H10ClNO3. The molecule has 4 nitrogen and oxygen atoms in total. The number of alkyl carbamates (subject to hydrolysis) is 1. The average Bonchev–Trinajstić information content (AvgIpc) is 2.22. The summed E-state index contributed by atoms with van der Waals surface area (Å²) in [5.74, 6) is 0.0406. The Kier molecular flexibility index (Phi) is 2.68. The maximum absolute atomic E-state index is 11.0. The lowest BCUT2D eigenvalue weighted by Gasteiger charge is -2.23. The minimum Gasteiger partial charge on any atom is -0.506 e. The van der Waals surface area contributed by atoms with Crippen molar-refractivity contribution in [3.05, 3.63) is 28.8 Å². The second-order valence-electron chi connectivity index (χ2n) is 3.33. The van der Waals surface area contributed by atoms with E-state index in [9.17, 15) is 9.90 Å². The van der Waals surface area contributed by atoms with Gasteiger partial charge in [-0.2, -0.15) is 0 Å². The Hall–Kier alpha value is -1.42. The highest BCUT2D eigenvalue weighted by atomic mass is 35.5. The predicted octanol–water partition coefficient (Wildman–Crippen LogP) is 2.22. The van der Waals surface area contributed by atoms with Crippen LogP contribution in [0.1, 0.15) is 18.0 Å². The van der Waals surface area contributed by atoms with Gasteiger partial charge in [-0.05, 0) is 17.7 Å². The first-order valence-electron chi connectivity index (χ1n) is 4.58. The normalized spacial score (nSPS) is 20.6. The predicted molar refractivity (Wildman–Crippen MR) is 55.0 cm³/mol. The van der Waals surface area contributed by atoms with Gasteiger partial charge in [0.2, 0.25) is 0 Å². The van der Waals surface area contributed by atoms with Crippen LogP contribution in [0.5, 0.6) is 5.75 Å². The number of amides is 1. The van der Waals surface area contributed by atoms with Crippen LogP contribution in [0.2, 0.25) is 5.02 Å². The molecule has 1 aliphatic rings. The van der Waals surface area contributed by atoms with Crippen molar-refractivity contribution < 1.29 is 14.6 Å². The van der Waals surface area contributed by atoms with E-state index in [4.69, 9.17) is 16.3 Å². The molecule has 1 heterocycles. The number of phenolic OH excluding ortho intramolecular Hbond substituents is 1. The molecule has 5 heteroatoms. The van der Waals surface area contributed by atoms with Crippen molar-refractivity contribution in [1.29, 1.82) is 0 Å². The Balaban J connectivity index is 2.21. The first kappa shape index (κ1) is 10.1. The van der Waals surface area contributed by atoms with Gasteiger partial charge in [-0.3, -0.25) is 0 Å². The van der Waals surface area contributed by atoms with Crippen LogP contribution in [0, 0.1) is 0 Å². The quantitative estimate of drug-likeness (QED) is 0.774. The van der Waals surface area contributed by atoms with E-state index in [0.29, 0.717) is 13.0 Å². The van der Waals surface area contributed by atoms with Crippen LogP contribution in [0.25, 0.3) is 0 Å². The van der Waals surface area contributed by atoms with Gasteiger partial charge in [0.15, 0.2) is 0 Å². The average molecular weight is 228 g/mol. The summed E-state index contributed by atoms with van der Waals surface area (Å²) in [7, 11) is 0. The fraction of sp³-hybridized carbons (Fsp3) is 0.300. The molecule has 1 fully saturated rings. The Morgan fingerprint density at radius 1 is 1.53 bits per heavy atom. The zero-order valence-corrected chi connectivity index (χ0v) is 8.62. The molecule has 0 unspecified atom stereocenters. The third-order valence-electron chi connectivity index (χ3n) is 2.31. The number of benzene rings is 1. The SMILES string of the molecule is O=C1N[C@H](c2ccc(O)c(Cl)c2)CCO1. The van der Waals surface area contributed by atoms with Crippen molar-refractivity contribution in [2.45, 2.75) is 12.5 Å². The highest BCUT2D eigenvalue weighted by molar-refractivity contribution is 6.32. The van der Waals surface area contributed by atoms with Gasteiger partial charge >= 0.3 is 6.09 Å². The molecule has 1 amide bonds. The number of rotatable bonds is 1. The molecule has 0 aliphatic carbocycles. The number of cyclic esters (lactones) is 1. The number of hydrogen-bond acceptors (Lipinski definition) is 3. The summed E-state index contributed by atoms with van der Waals surface area (Å²) in [6.45, 7) is 0.398. The second kappa shape index (κ2) is 3.98. The number of phenols is 1. The van der Waals surface area contributed by atoms with Gasteiger partial charge in [0.1, 0.15) is 5.75 Å². The van der Waals surface area contributed by atoms with E-state index < -0.39 is 6.09 Å². The van der Waals surface area contributed by atoms with Crippen molar-refractivity contribution in [3.63, 3.8) is 0 Å². The molecule has 80 valence electrons. The van der Waals surface area contributed by atoms with E-state index in [2.05, 4.69) is 5.32 Å². The molecular weight excluding hydrogens is 218 g/mol. The van der Waals surface area contributed by atoms with Gasteiger partial charge in [0.25, 0.3) is 0 Å². The first-order valence-corrected chi connectivity index (χ1v) is 4.96. The van der Waals surface area contributed by atoms with E-state index in [0.717, 1.165) is 5.56 Å². The molecule has 0 bridgehead atoms. The van der Waals surface area contributed by atoms with Crippen molar-refractivity contribution in [1.82, 2.24) is 5.32 Å². The van der Waals surface area contributed by atoms with Gasteiger partial charge < -0.3 is 15.2 Å². The third-order valence-corrected chi connectivity index (χ3v) is 2.61. The molecule has 0 saturated carbocycles. The molecule has 1 aromatic carbocycles. The Bertz CT molecular complexity index is 394. The van der Waals surface area contributed by atoms with Crippen molar-refractivity contribution in [3.8, 4) is 5.75 Å². The Labute approximate surface area is 91.8 Å². The summed E-state index contributed by atoms with van der Waals surface area (Å²) in [5, 5.41) is 12.2. The zero-order valence-electron chi connectivity index (χ0n) is 7.87. The molecule has 1 aliphatic heterocycles. The van der Waals surface area contributed by atoms with Crippen LogP contribution in [-0.2, 0) is 4.74 Å². The van der Waals surface area contributed by atoms with Crippen molar-refractivity contribution in [2.24, 2.45) is 0 Å². The fourth-order valence-electron chi connectivity index (χ4n) is 1.52. The molecule has 0 aromatic heterocycles. The zero-order chi connectivity index (χ0) is 10.8. The fourth-order valence-corrected chi connectivity index (χ4v) is 1.70. The van der Waals surface area contributed by atoms with Crippen LogP contribution in [0.15, 0.2) is 18.2 Å². The van der Waals surface area contributed by atoms with Crippen LogP contribution < -0.4 is 5.32 Å². The smallest absolute Gasteiger partial charge is 0.407 e. The van der Waals surface area contributed by atoms with E-state index in [1.54, 1.807) is 12.1 Å². The molecule has 1 atom stereocenters. The standard InChI is InChI=1S/C10H10ClNO3/c11-7-5-6(1-2-9(7)13)8-3-4-15-10(14)12-8/h1-2,5,8,13H,3-4H2,(H,12,14)/t8-/m0/s1. The van der Waals surface area contributed by atoms with Crippen molar-refractivity contribution in [2.75, 3.05) is 6.61 Å². The summed E-state index contributed by atoms with van der Waals surface area (Å²) >= 11 is 5.78. The monoisotopic (exact) mass is 227 g/mol.